The zero-order valence-electron chi connectivity index (χ0n) is 15.0. The van der Waals surface area contributed by atoms with Crippen molar-refractivity contribution in [2.75, 3.05) is 24.6 Å². The lowest BCUT2D eigenvalue weighted by Crippen LogP contribution is -2.24. The molecule has 2 aromatic carbocycles. The van der Waals surface area contributed by atoms with Gasteiger partial charge in [0.15, 0.2) is 6.61 Å². The van der Waals surface area contributed by atoms with Crippen LogP contribution in [-0.4, -0.2) is 31.8 Å². The zero-order valence-corrected chi connectivity index (χ0v) is 16.6. The predicted octanol–water partition coefficient (Wildman–Crippen LogP) is 4.03. The number of aryl methyl sites for hydroxylation is 1. The molecule has 3 rings (SSSR count). The van der Waals surface area contributed by atoms with Gasteiger partial charge in [0.2, 0.25) is 0 Å². The molecule has 0 spiro atoms. The first-order valence-corrected chi connectivity index (χ1v) is 9.57. The van der Waals surface area contributed by atoms with Gasteiger partial charge in [-0.15, -0.1) is 0 Å². The predicted molar refractivity (Wildman–Crippen MR) is 108 cm³/mol. The second kappa shape index (κ2) is 8.99. The molecule has 1 saturated heterocycles. The van der Waals surface area contributed by atoms with Gasteiger partial charge in [0.1, 0.15) is 11.6 Å². The van der Waals surface area contributed by atoms with Gasteiger partial charge in [-0.2, -0.15) is 5.10 Å². The smallest absolute Gasteiger partial charge is 0.277 e. The van der Waals surface area contributed by atoms with E-state index in [0.29, 0.717) is 17.0 Å². The molecule has 27 heavy (non-hydrogen) atoms. The molecule has 1 N–H and O–H groups in total. The molecule has 1 amide bonds. The molecular formula is C20H21BrFN3O2. The van der Waals surface area contributed by atoms with Crippen molar-refractivity contribution in [3.8, 4) is 5.75 Å². The highest BCUT2D eigenvalue weighted by Crippen LogP contribution is 2.26. The number of hydrogen-bond donors (Lipinski definition) is 1. The minimum Gasteiger partial charge on any atom is -0.484 e. The van der Waals surface area contributed by atoms with Crippen LogP contribution in [0.3, 0.4) is 0 Å². The molecule has 2 aromatic rings. The van der Waals surface area contributed by atoms with E-state index in [2.05, 4.69) is 31.4 Å². The number of hydrogen-bond acceptors (Lipinski definition) is 4. The molecule has 0 aromatic heterocycles. The molecule has 0 saturated carbocycles. The van der Waals surface area contributed by atoms with Crippen molar-refractivity contribution in [2.24, 2.45) is 5.10 Å². The van der Waals surface area contributed by atoms with Crippen LogP contribution >= 0.6 is 15.9 Å². The summed E-state index contributed by atoms with van der Waals surface area (Å²) in [6.45, 7) is 3.52. The first-order valence-electron chi connectivity index (χ1n) is 8.78. The molecule has 0 bridgehead atoms. The van der Waals surface area contributed by atoms with Gasteiger partial charge in [-0.1, -0.05) is 15.9 Å². The fourth-order valence-corrected chi connectivity index (χ4v) is 3.17. The quantitative estimate of drug-likeness (QED) is 0.552. The van der Waals surface area contributed by atoms with Crippen LogP contribution in [0.15, 0.2) is 46.0 Å². The molecule has 1 heterocycles. The summed E-state index contributed by atoms with van der Waals surface area (Å²) in [5.41, 5.74) is 4.56. The van der Waals surface area contributed by atoms with Crippen molar-refractivity contribution in [3.05, 3.63) is 57.8 Å². The number of anilines is 1. The van der Waals surface area contributed by atoms with E-state index in [1.807, 2.05) is 25.1 Å². The first kappa shape index (κ1) is 19.4. The summed E-state index contributed by atoms with van der Waals surface area (Å²) in [5.74, 6) is -0.0671. The molecule has 1 fully saturated rings. The Balaban J connectivity index is 1.54. The Bertz CT molecular complexity index is 834. The van der Waals surface area contributed by atoms with Crippen molar-refractivity contribution >= 4 is 33.7 Å². The van der Waals surface area contributed by atoms with Gasteiger partial charge in [-0.25, -0.2) is 9.82 Å². The van der Waals surface area contributed by atoms with Crippen LogP contribution in [0.5, 0.6) is 5.75 Å². The number of ether oxygens (including phenoxy) is 1. The van der Waals surface area contributed by atoms with Crippen molar-refractivity contribution in [1.82, 2.24) is 5.43 Å². The number of benzene rings is 2. The summed E-state index contributed by atoms with van der Waals surface area (Å²) in [6.07, 6.45) is 3.63. The van der Waals surface area contributed by atoms with Gasteiger partial charge < -0.3 is 9.64 Å². The van der Waals surface area contributed by atoms with Crippen LogP contribution in [0.25, 0.3) is 0 Å². The van der Waals surface area contributed by atoms with Crippen LogP contribution in [0, 0.1) is 12.7 Å². The van der Waals surface area contributed by atoms with Crippen molar-refractivity contribution < 1.29 is 13.9 Å². The minimum absolute atomic E-state index is 0.153. The molecule has 0 unspecified atom stereocenters. The van der Waals surface area contributed by atoms with E-state index in [1.165, 1.54) is 12.3 Å². The minimum atomic E-state index is -0.388. The lowest BCUT2D eigenvalue weighted by molar-refractivity contribution is -0.123. The van der Waals surface area contributed by atoms with Gasteiger partial charge in [0, 0.05) is 23.1 Å². The van der Waals surface area contributed by atoms with E-state index in [-0.39, 0.29) is 18.3 Å². The second-order valence-corrected chi connectivity index (χ2v) is 7.31. The summed E-state index contributed by atoms with van der Waals surface area (Å²) in [4.78, 5) is 13.9. The monoisotopic (exact) mass is 433 g/mol. The fraction of sp³-hybridized carbons (Fsp3) is 0.300. The number of hydrazone groups is 1. The third-order valence-electron chi connectivity index (χ3n) is 4.36. The molecule has 142 valence electrons. The van der Waals surface area contributed by atoms with Crippen LogP contribution < -0.4 is 15.1 Å². The SMILES string of the molecule is Cc1cc(N2CCCC2)c(F)cc1/C=N\NC(=O)COc1ccc(Br)cc1. The lowest BCUT2D eigenvalue weighted by atomic mass is 10.1. The Morgan fingerprint density at radius 3 is 2.70 bits per heavy atom. The van der Waals surface area contributed by atoms with E-state index in [4.69, 9.17) is 4.74 Å². The van der Waals surface area contributed by atoms with E-state index in [1.54, 1.807) is 12.1 Å². The molecule has 1 aliphatic heterocycles. The largest absolute Gasteiger partial charge is 0.484 e. The maximum absolute atomic E-state index is 14.4. The summed E-state index contributed by atoms with van der Waals surface area (Å²) in [7, 11) is 0. The van der Waals surface area contributed by atoms with Crippen LogP contribution in [-0.2, 0) is 4.79 Å². The van der Waals surface area contributed by atoms with Crippen LogP contribution in [0.4, 0.5) is 10.1 Å². The van der Waals surface area contributed by atoms with Gasteiger partial charge in [0.05, 0.1) is 11.9 Å². The van der Waals surface area contributed by atoms with Gasteiger partial charge in [0.25, 0.3) is 5.91 Å². The van der Waals surface area contributed by atoms with Crippen LogP contribution in [0.1, 0.15) is 24.0 Å². The maximum atomic E-state index is 14.4. The van der Waals surface area contributed by atoms with Crippen molar-refractivity contribution in [2.45, 2.75) is 19.8 Å². The Morgan fingerprint density at radius 2 is 2.00 bits per heavy atom. The van der Waals surface area contributed by atoms with E-state index in [9.17, 15) is 9.18 Å². The normalized spacial score (nSPS) is 14.0. The first-order chi connectivity index (χ1) is 13.0. The average molecular weight is 434 g/mol. The molecular weight excluding hydrogens is 413 g/mol. The summed E-state index contributed by atoms with van der Waals surface area (Å²) in [6, 6.07) is 10.5. The summed E-state index contributed by atoms with van der Waals surface area (Å²) >= 11 is 3.33. The van der Waals surface area contributed by atoms with Gasteiger partial charge in [-0.05, 0) is 61.7 Å². The standard InChI is InChI=1S/C20H21BrFN3O2/c1-14-10-19(25-8-2-3-9-25)18(22)11-15(14)12-23-24-20(26)13-27-17-6-4-16(21)5-7-17/h4-7,10-12H,2-3,8-9,13H2,1H3,(H,24,26)/b23-12-. The lowest BCUT2D eigenvalue weighted by Gasteiger charge is -2.19. The molecule has 5 nitrogen and oxygen atoms in total. The van der Waals surface area contributed by atoms with Crippen molar-refractivity contribution in [3.63, 3.8) is 0 Å². The molecule has 7 heteroatoms. The number of nitrogens with one attached hydrogen (secondary N) is 1. The zero-order chi connectivity index (χ0) is 19.2. The third-order valence-corrected chi connectivity index (χ3v) is 4.89. The topological polar surface area (TPSA) is 53.9 Å². The highest BCUT2D eigenvalue weighted by molar-refractivity contribution is 9.10. The van der Waals surface area contributed by atoms with E-state index < -0.39 is 0 Å². The Labute approximate surface area is 166 Å². The fourth-order valence-electron chi connectivity index (χ4n) is 2.91. The molecule has 0 radical (unpaired) electrons. The summed E-state index contributed by atoms with van der Waals surface area (Å²) < 4.78 is 20.7. The average Bonchev–Trinajstić information content (AvgIpc) is 3.18. The van der Waals surface area contributed by atoms with Crippen molar-refractivity contribution in [1.29, 1.82) is 0 Å². The molecule has 0 aliphatic carbocycles. The number of halogens is 2. The highest BCUT2D eigenvalue weighted by Gasteiger charge is 2.17. The number of amides is 1. The number of rotatable bonds is 6. The Kier molecular flexibility index (Phi) is 6.45. The number of carbonyl (C=O) groups excluding carboxylic acids is 1. The number of carbonyl (C=O) groups is 1. The third kappa shape index (κ3) is 5.29. The van der Waals surface area contributed by atoms with E-state index >= 15 is 0 Å². The van der Waals surface area contributed by atoms with Gasteiger partial charge >= 0.3 is 0 Å². The Hall–Kier alpha value is -2.41. The van der Waals surface area contributed by atoms with E-state index in [0.717, 1.165) is 36.0 Å². The van der Waals surface area contributed by atoms with Crippen LogP contribution in [0.2, 0.25) is 0 Å². The number of nitrogens with zero attached hydrogens (tertiary/aromatic N) is 2. The van der Waals surface area contributed by atoms with Gasteiger partial charge in [-0.3, -0.25) is 4.79 Å². The Morgan fingerprint density at radius 1 is 1.30 bits per heavy atom. The molecule has 0 atom stereocenters. The molecule has 1 aliphatic rings. The maximum Gasteiger partial charge on any atom is 0.277 e. The summed E-state index contributed by atoms with van der Waals surface area (Å²) in [5, 5.41) is 3.90. The highest BCUT2D eigenvalue weighted by atomic mass is 79.9. The second-order valence-electron chi connectivity index (χ2n) is 6.39.